The van der Waals surface area contributed by atoms with E-state index in [1.54, 1.807) is 43.0 Å². The number of nitrogens with one attached hydrogen (secondary N) is 1. The Hall–Kier alpha value is -2.75. The van der Waals surface area contributed by atoms with E-state index in [2.05, 4.69) is 5.32 Å². The van der Waals surface area contributed by atoms with Crippen LogP contribution in [0.4, 0.5) is 0 Å². The highest BCUT2D eigenvalue weighted by molar-refractivity contribution is 7.89. The van der Waals surface area contributed by atoms with Crippen LogP contribution in [0.5, 0.6) is 0 Å². The number of carbonyl (C=O) groups excluding carboxylic acids is 2. The maximum absolute atomic E-state index is 12.8. The molecule has 3 rings (SSSR count). The van der Waals surface area contributed by atoms with E-state index in [1.807, 2.05) is 26.0 Å². The minimum atomic E-state index is -3.64. The summed E-state index contributed by atoms with van der Waals surface area (Å²) in [6.07, 6.45) is 0.00499. The topological polar surface area (TPSA) is 96.0 Å². The summed E-state index contributed by atoms with van der Waals surface area (Å²) in [5.41, 5.74) is 1.70. The number of hydrogen-bond donors (Lipinski definition) is 1. The van der Waals surface area contributed by atoms with Crippen molar-refractivity contribution in [3.63, 3.8) is 0 Å². The summed E-state index contributed by atoms with van der Waals surface area (Å²) >= 11 is 0. The lowest BCUT2D eigenvalue weighted by atomic mass is 10.1. The summed E-state index contributed by atoms with van der Waals surface area (Å²) in [6.45, 7) is 9.55. The number of carbonyl (C=O) groups is 2. The van der Waals surface area contributed by atoms with Crippen molar-refractivity contribution in [2.24, 2.45) is 0 Å². The monoisotopic (exact) mass is 487 g/mol. The van der Waals surface area contributed by atoms with Gasteiger partial charge in [0.25, 0.3) is 11.8 Å². The van der Waals surface area contributed by atoms with Gasteiger partial charge in [0.2, 0.25) is 10.0 Å². The molecule has 0 radical (unpaired) electrons. The third-order valence-corrected chi connectivity index (χ3v) is 7.85. The second-order valence-corrected chi connectivity index (χ2v) is 10.4. The van der Waals surface area contributed by atoms with Crippen molar-refractivity contribution in [2.45, 2.75) is 51.3 Å². The van der Waals surface area contributed by atoms with Crippen LogP contribution in [0.25, 0.3) is 0 Å². The molecule has 2 unspecified atom stereocenters. The van der Waals surface area contributed by atoms with Crippen molar-refractivity contribution >= 4 is 21.8 Å². The fourth-order valence-electron chi connectivity index (χ4n) is 4.09. The lowest BCUT2D eigenvalue weighted by molar-refractivity contribution is -0.0586. The van der Waals surface area contributed by atoms with E-state index < -0.39 is 10.0 Å². The van der Waals surface area contributed by atoms with E-state index >= 15 is 0 Å². The first kappa shape index (κ1) is 25.9. The summed E-state index contributed by atoms with van der Waals surface area (Å²) in [5.74, 6) is -0.406. The summed E-state index contributed by atoms with van der Waals surface area (Å²) in [4.78, 5) is 27.4. The Bertz CT molecular complexity index is 1100. The van der Waals surface area contributed by atoms with Crippen LogP contribution in [-0.2, 0) is 21.3 Å². The minimum absolute atomic E-state index is 0.00249. The zero-order valence-corrected chi connectivity index (χ0v) is 21.0. The molecule has 1 heterocycles. The number of sulfonamides is 1. The number of ether oxygens (including phenoxy) is 1. The fraction of sp³-hybridized carbons (Fsp3) is 0.440. The van der Waals surface area contributed by atoms with Crippen LogP contribution in [0, 0.1) is 0 Å². The van der Waals surface area contributed by atoms with E-state index in [-0.39, 0.29) is 41.0 Å². The molecule has 0 aromatic heterocycles. The van der Waals surface area contributed by atoms with Crippen LogP contribution >= 0.6 is 0 Å². The number of nitrogens with zero attached hydrogens (tertiary/aromatic N) is 2. The molecule has 2 atom stereocenters. The standard InChI is InChI=1S/C25H33N3O5S/c1-5-28(6-2)34(31,32)23-9-7-8-22(14-23)24(29)26-15-20-10-12-21(13-11-20)25(30)27-16-18(3)33-19(4)17-27/h7-14,18-19H,5-6,15-17H2,1-4H3,(H,26,29). The highest BCUT2D eigenvalue weighted by atomic mass is 32.2. The van der Waals surface area contributed by atoms with Gasteiger partial charge in [0.1, 0.15) is 0 Å². The fourth-order valence-corrected chi connectivity index (χ4v) is 5.59. The summed E-state index contributed by atoms with van der Waals surface area (Å²) in [6, 6.07) is 13.2. The van der Waals surface area contributed by atoms with Gasteiger partial charge in [0, 0.05) is 43.9 Å². The Morgan fingerprint density at radius 3 is 2.21 bits per heavy atom. The van der Waals surface area contributed by atoms with Gasteiger partial charge in [-0.3, -0.25) is 9.59 Å². The lowest BCUT2D eigenvalue weighted by Gasteiger charge is -2.35. The van der Waals surface area contributed by atoms with Gasteiger partial charge in [-0.2, -0.15) is 4.31 Å². The summed E-state index contributed by atoms with van der Waals surface area (Å²) in [7, 11) is -3.64. The molecular weight excluding hydrogens is 454 g/mol. The van der Waals surface area contributed by atoms with E-state index in [9.17, 15) is 18.0 Å². The third-order valence-electron chi connectivity index (χ3n) is 5.80. The Labute approximate surface area is 201 Å². The second kappa shape index (κ2) is 11.1. The van der Waals surface area contributed by atoms with Crippen LogP contribution in [0.1, 0.15) is 54.0 Å². The molecular formula is C25H33N3O5S. The smallest absolute Gasteiger partial charge is 0.254 e. The Morgan fingerprint density at radius 1 is 1.00 bits per heavy atom. The Morgan fingerprint density at radius 2 is 1.62 bits per heavy atom. The molecule has 0 aliphatic carbocycles. The summed E-state index contributed by atoms with van der Waals surface area (Å²) < 4.78 is 32.5. The second-order valence-electron chi connectivity index (χ2n) is 8.46. The molecule has 1 N–H and O–H groups in total. The zero-order chi connectivity index (χ0) is 24.9. The van der Waals surface area contributed by atoms with Crippen LogP contribution in [0.3, 0.4) is 0 Å². The SMILES string of the molecule is CCN(CC)S(=O)(=O)c1cccc(C(=O)NCc2ccc(C(=O)N3CC(C)OC(C)C3)cc2)c1. The molecule has 0 spiro atoms. The highest BCUT2D eigenvalue weighted by Gasteiger charge is 2.26. The van der Waals surface area contributed by atoms with Crippen molar-refractivity contribution in [1.29, 1.82) is 0 Å². The van der Waals surface area contributed by atoms with Gasteiger partial charge in [0.15, 0.2) is 0 Å². The van der Waals surface area contributed by atoms with Crippen molar-refractivity contribution in [1.82, 2.24) is 14.5 Å². The molecule has 2 aromatic rings. The first-order chi connectivity index (χ1) is 16.1. The maximum Gasteiger partial charge on any atom is 0.254 e. The molecule has 2 aromatic carbocycles. The number of amides is 2. The number of benzene rings is 2. The van der Waals surface area contributed by atoms with E-state index in [4.69, 9.17) is 4.74 Å². The number of rotatable bonds is 8. The van der Waals surface area contributed by atoms with Crippen molar-refractivity contribution in [2.75, 3.05) is 26.2 Å². The van der Waals surface area contributed by atoms with Crippen LogP contribution in [0.2, 0.25) is 0 Å². The van der Waals surface area contributed by atoms with Crippen LogP contribution < -0.4 is 5.32 Å². The first-order valence-electron chi connectivity index (χ1n) is 11.6. The van der Waals surface area contributed by atoms with Gasteiger partial charge < -0.3 is 15.0 Å². The quantitative estimate of drug-likeness (QED) is 0.618. The zero-order valence-electron chi connectivity index (χ0n) is 20.2. The predicted molar refractivity (Wildman–Crippen MR) is 130 cm³/mol. The van der Waals surface area contributed by atoms with Crippen molar-refractivity contribution in [3.8, 4) is 0 Å². The lowest BCUT2D eigenvalue weighted by Crippen LogP contribution is -2.48. The van der Waals surface area contributed by atoms with E-state index in [0.717, 1.165) is 5.56 Å². The van der Waals surface area contributed by atoms with Crippen LogP contribution in [-0.4, -0.2) is 67.8 Å². The average molecular weight is 488 g/mol. The largest absolute Gasteiger partial charge is 0.372 e. The van der Waals surface area contributed by atoms with Gasteiger partial charge >= 0.3 is 0 Å². The molecule has 0 bridgehead atoms. The van der Waals surface area contributed by atoms with Gasteiger partial charge in [-0.15, -0.1) is 0 Å². The average Bonchev–Trinajstić information content (AvgIpc) is 2.82. The number of morpholine rings is 1. The van der Waals surface area contributed by atoms with Gasteiger partial charge in [-0.1, -0.05) is 32.0 Å². The molecule has 2 amide bonds. The molecule has 0 saturated carbocycles. The predicted octanol–water partition coefficient (Wildman–Crippen LogP) is 2.90. The Kier molecular flexibility index (Phi) is 8.46. The van der Waals surface area contributed by atoms with Gasteiger partial charge in [-0.05, 0) is 49.7 Å². The first-order valence-corrected chi connectivity index (χ1v) is 13.0. The van der Waals surface area contributed by atoms with Crippen LogP contribution in [0.15, 0.2) is 53.4 Å². The maximum atomic E-state index is 12.8. The van der Waals surface area contributed by atoms with Crippen molar-refractivity contribution in [3.05, 3.63) is 65.2 Å². The molecule has 34 heavy (non-hydrogen) atoms. The van der Waals surface area contributed by atoms with E-state index in [0.29, 0.717) is 31.7 Å². The minimum Gasteiger partial charge on any atom is -0.372 e. The highest BCUT2D eigenvalue weighted by Crippen LogP contribution is 2.18. The molecule has 9 heteroatoms. The molecule has 1 saturated heterocycles. The normalized spacial score (nSPS) is 18.7. The number of hydrogen-bond acceptors (Lipinski definition) is 5. The molecule has 1 aliphatic heterocycles. The van der Waals surface area contributed by atoms with Gasteiger partial charge in [-0.25, -0.2) is 8.42 Å². The molecule has 1 fully saturated rings. The Balaban J connectivity index is 1.63. The van der Waals surface area contributed by atoms with Gasteiger partial charge in [0.05, 0.1) is 17.1 Å². The van der Waals surface area contributed by atoms with E-state index in [1.165, 1.54) is 16.4 Å². The summed E-state index contributed by atoms with van der Waals surface area (Å²) in [5, 5.41) is 2.82. The molecule has 1 aliphatic rings. The van der Waals surface area contributed by atoms with Crippen molar-refractivity contribution < 1.29 is 22.7 Å². The third kappa shape index (κ3) is 6.02. The molecule has 8 nitrogen and oxygen atoms in total. The molecule has 184 valence electrons.